The number of nitrogens with zero attached hydrogens (tertiary/aromatic N) is 4. The van der Waals surface area contributed by atoms with Gasteiger partial charge in [-0.05, 0) is 24.4 Å². The lowest BCUT2D eigenvalue weighted by atomic mass is 10.2. The minimum Gasteiger partial charge on any atom is -0.350 e. The van der Waals surface area contributed by atoms with E-state index in [-0.39, 0.29) is 11.9 Å². The average Bonchev–Trinajstić information content (AvgIpc) is 3.13. The summed E-state index contributed by atoms with van der Waals surface area (Å²) < 4.78 is 0. The molecule has 1 N–H and O–H groups in total. The molecule has 1 saturated heterocycles. The lowest BCUT2D eigenvalue weighted by molar-refractivity contribution is -0.126. The summed E-state index contributed by atoms with van der Waals surface area (Å²) in [6.45, 7) is 5.94. The number of amides is 1. The Labute approximate surface area is 140 Å². The fourth-order valence-electron chi connectivity index (χ4n) is 2.66. The first-order valence-corrected chi connectivity index (χ1v) is 8.68. The van der Waals surface area contributed by atoms with E-state index in [0.717, 1.165) is 32.1 Å². The molecular weight excluding hydrogens is 310 g/mol. The molecule has 0 bridgehead atoms. The van der Waals surface area contributed by atoms with E-state index in [2.05, 4.69) is 25.1 Å². The maximum Gasteiger partial charge on any atom is 0.237 e. The number of piperazine rings is 1. The summed E-state index contributed by atoms with van der Waals surface area (Å²) in [7, 11) is 0. The van der Waals surface area contributed by atoms with E-state index in [4.69, 9.17) is 0 Å². The van der Waals surface area contributed by atoms with Gasteiger partial charge in [-0.2, -0.15) is 0 Å². The van der Waals surface area contributed by atoms with Crippen LogP contribution in [0.5, 0.6) is 0 Å². The molecule has 1 atom stereocenters. The van der Waals surface area contributed by atoms with Crippen LogP contribution in [0.1, 0.15) is 11.8 Å². The monoisotopic (exact) mass is 331 g/mol. The second kappa shape index (κ2) is 7.52. The van der Waals surface area contributed by atoms with E-state index < -0.39 is 0 Å². The maximum absolute atomic E-state index is 12.3. The molecule has 0 radical (unpaired) electrons. The van der Waals surface area contributed by atoms with Gasteiger partial charge in [-0.15, -0.1) is 11.3 Å². The first-order chi connectivity index (χ1) is 11.2. The molecule has 0 saturated carbocycles. The summed E-state index contributed by atoms with van der Waals surface area (Å²) in [5.74, 6) is 0.852. The Morgan fingerprint density at radius 3 is 2.65 bits per heavy atom. The van der Waals surface area contributed by atoms with Crippen LogP contribution in [0, 0.1) is 0 Å². The Morgan fingerprint density at radius 2 is 2.00 bits per heavy atom. The summed E-state index contributed by atoms with van der Waals surface area (Å²) >= 11 is 1.66. The Hall–Kier alpha value is -1.99. The molecule has 0 unspecified atom stereocenters. The van der Waals surface area contributed by atoms with Crippen molar-refractivity contribution in [2.45, 2.75) is 19.5 Å². The number of carbonyl (C=O) groups is 1. The molecule has 3 rings (SSSR count). The first-order valence-electron chi connectivity index (χ1n) is 7.80. The summed E-state index contributed by atoms with van der Waals surface area (Å²) in [6, 6.07) is 5.74. The van der Waals surface area contributed by atoms with Gasteiger partial charge in [-0.25, -0.2) is 9.97 Å². The number of anilines is 1. The van der Waals surface area contributed by atoms with Crippen molar-refractivity contribution >= 4 is 23.2 Å². The topological polar surface area (TPSA) is 61.4 Å². The number of hydrogen-bond acceptors (Lipinski definition) is 6. The molecule has 1 aliphatic heterocycles. The van der Waals surface area contributed by atoms with Gasteiger partial charge >= 0.3 is 0 Å². The van der Waals surface area contributed by atoms with Crippen LogP contribution < -0.4 is 10.2 Å². The SMILES string of the molecule is C[C@@H](C(=O)NCc1cccs1)N1CCN(c2ncccn2)CC1. The van der Waals surface area contributed by atoms with Gasteiger partial charge < -0.3 is 10.2 Å². The molecule has 0 spiro atoms. The zero-order chi connectivity index (χ0) is 16.1. The zero-order valence-electron chi connectivity index (χ0n) is 13.2. The lowest BCUT2D eigenvalue weighted by Gasteiger charge is -2.37. The summed E-state index contributed by atoms with van der Waals surface area (Å²) in [6.07, 6.45) is 3.52. The lowest BCUT2D eigenvalue weighted by Crippen LogP contribution is -2.54. The molecule has 23 heavy (non-hydrogen) atoms. The van der Waals surface area contributed by atoms with Gasteiger partial charge in [0, 0.05) is 43.4 Å². The number of hydrogen-bond donors (Lipinski definition) is 1. The highest BCUT2D eigenvalue weighted by Crippen LogP contribution is 2.12. The Balaban J connectivity index is 1.47. The van der Waals surface area contributed by atoms with Gasteiger partial charge in [0.25, 0.3) is 0 Å². The van der Waals surface area contributed by atoms with Crippen molar-refractivity contribution in [2.75, 3.05) is 31.1 Å². The molecule has 1 amide bonds. The molecule has 7 heteroatoms. The molecule has 2 aromatic heterocycles. The van der Waals surface area contributed by atoms with Gasteiger partial charge in [0.2, 0.25) is 11.9 Å². The Kier molecular flexibility index (Phi) is 5.19. The molecule has 1 aliphatic rings. The highest BCUT2D eigenvalue weighted by atomic mass is 32.1. The second-order valence-electron chi connectivity index (χ2n) is 5.54. The van der Waals surface area contributed by atoms with Crippen LogP contribution in [-0.4, -0.2) is 53.0 Å². The fourth-order valence-corrected chi connectivity index (χ4v) is 3.31. The van der Waals surface area contributed by atoms with E-state index >= 15 is 0 Å². The van der Waals surface area contributed by atoms with Crippen LogP contribution in [0.25, 0.3) is 0 Å². The molecule has 6 nitrogen and oxygen atoms in total. The van der Waals surface area contributed by atoms with Crippen molar-refractivity contribution in [1.82, 2.24) is 20.2 Å². The zero-order valence-corrected chi connectivity index (χ0v) is 14.0. The Morgan fingerprint density at radius 1 is 1.26 bits per heavy atom. The number of aromatic nitrogens is 2. The van der Waals surface area contributed by atoms with Crippen LogP contribution in [0.15, 0.2) is 36.0 Å². The van der Waals surface area contributed by atoms with E-state index in [1.54, 1.807) is 23.7 Å². The highest BCUT2D eigenvalue weighted by Gasteiger charge is 2.26. The van der Waals surface area contributed by atoms with Gasteiger partial charge in [-0.3, -0.25) is 9.69 Å². The standard InChI is InChI=1S/C16H21N5OS/c1-13(15(22)19-12-14-4-2-11-23-14)20-7-9-21(10-8-20)16-17-5-3-6-18-16/h2-6,11,13H,7-10,12H2,1H3,(H,19,22)/t13-/m0/s1. The number of carbonyl (C=O) groups excluding carboxylic acids is 1. The van der Waals surface area contributed by atoms with Gasteiger partial charge in [0.05, 0.1) is 12.6 Å². The van der Waals surface area contributed by atoms with Gasteiger partial charge in [0.15, 0.2) is 0 Å². The van der Waals surface area contributed by atoms with Crippen LogP contribution in [-0.2, 0) is 11.3 Å². The molecule has 0 aliphatic carbocycles. The smallest absolute Gasteiger partial charge is 0.237 e. The molecule has 3 heterocycles. The third-order valence-electron chi connectivity index (χ3n) is 4.09. The van der Waals surface area contributed by atoms with Crippen LogP contribution in [0.3, 0.4) is 0 Å². The maximum atomic E-state index is 12.3. The minimum atomic E-state index is -0.117. The third-order valence-corrected chi connectivity index (χ3v) is 4.97. The van der Waals surface area contributed by atoms with Crippen molar-refractivity contribution in [3.05, 3.63) is 40.8 Å². The molecule has 0 aromatic carbocycles. The number of thiophene rings is 1. The van der Waals surface area contributed by atoms with E-state index in [1.807, 2.05) is 30.5 Å². The largest absolute Gasteiger partial charge is 0.350 e. The quantitative estimate of drug-likeness (QED) is 0.896. The average molecular weight is 331 g/mol. The predicted molar refractivity (Wildman–Crippen MR) is 91.4 cm³/mol. The van der Waals surface area contributed by atoms with Crippen LogP contribution in [0.2, 0.25) is 0 Å². The van der Waals surface area contributed by atoms with Crippen molar-refractivity contribution in [3.8, 4) is 0 Å². The van der Waals surface area contributed by atoms with E-state index in [1.165, 1.54) is 4.88 Å². The van der Waals surface area contributed by atoms with Crippen molar-refractivity contribution in [3.63, 3.8) is 0 Å². The van der Waals surface area contributed by atoms with Crippen molar-refractivity contribution < 1.29 is 4.79 Å². The van der Waals surface area contributed by atoms with Crippen molar-refractivity contribution in [1.29, 1.82) is 0 Å². The molecule has 2 aromatic rings. The summed E-state index contributed by atoms with van der Waals surface area (Å²) in [5.41, 5.74) is 0. The molecular formula is C16H21N5OS. The highest BCUT2D eigenvalue weighted by molar-refractivity contribution is 7.09. The minimum absolute atomic E-state index is 0.0859. The van der Waals surface area contributed by atoms with Crippen LogP contribution in [0.4, 0.5) is 5.95 Å². The fraction of sp³-hybridized carbons (Fsp3) is 0.438. The second-order valence-corrected chi connectivity index (χ2v) is 6.58. The Bertz CT molecular complexity index is 611. The van der Waals surface area contributed by atoms with E-state index in [9.17, 15) is 4.79 Å². The van der Waals surface area contributed by atoms with Crippen LogP contribution >= 0.6 is 11.3 Å². The molecule has 122 valence electrons. The number of rotatable bonds is 5. The number of nitrogens with one attached hydrogen (secondary N) is 1. The predicted octanol–water partition coefficient (Wildman–Crippen LogP) is 1.36. The van der Waals surface area contributed by atoms with Gasteiger partial charge in [-0.1, -0.05) is 6.07 Å². The van der Waals surface area contributed by atoms with Crippen molar-refractivity contribution in [2.24, 2.45) is 0 Å². The van der Waals surface area contributed by atoms with Gasteiger partial charge in [0.1, 0.15) is 0 Å². The normalized spacial score (nSPS) is 17.0. The summed E-state index contributed by atoms with van der Waals surface area (Å²) in [5, 5.41) is 5.04. The summed E-state index contributed by atoms with van der Waals surface area (Å²) in [4.78, 5) is 26.4. The third kappa shape index (κ3) is 4.05. The molecule has 1 fully saturated rings. The first kappa shape index (κ1) is 15.9. The van der Waals surface area contributed by atoms with E-state index in [0.29, 0.717) is 6.54 Å².